The third-order valence-corrected chi connectivity index (χ3v) is 15.4. The Morgan fingerprint density at radius 3 is 1.66 bits per heavy atom. The van der Waals surface area contributed by atoms with Gasteiger partial charge in [-0.15, -0.1) is 0 Å². The van der Waals surface area contributed by atoms with Crippen molar-refractivity contribution in [3.8, 4) is 0 Å². The van der Waals surface area contributed by atoms with E-state index in [1.54, 1.807) is 0 Å². The Labute approximate surface area is 428 Å². The van der Waals surface area contributed by atoms with Gasteiger partial charge in [0.25, 0.3) is 0 Å². The fourth-order valence-corrected chi connectivity index (χ4v) is 11.2. The van der Waals surface area contributed by atoms with Crippen molar-refractivity contribution in [3.63, 3.8) is 0 Å². The minimum atomic E-state index is -4.47. The fourth-order valence-electron chi connectivity index (χ4n) is 11.2. The van der Waals surface area contributed by atoms with Gasteiger partial charge in [-0.3, -0.25) is 24.2 Å². The van der Waals surface area contributed by atoms with Crippen molar-refractivity contribution in [2.24, 2.45) is 5.92 Å². The highest BCUT2D eigenvalue weighted by molar-refractivity contribution is 5.92. The minimum absolute atomic E-state index is 0.0254. The van der Waals surface area contributed by atoms with Crippen LogP contribution in [0.1, 0.15) is 102 Å². The van der Waals surface area contributed by atoms with Crippen molar-refractivity contribution in [1.82, 2.24) is 50.2 Å². The molecule has 74 heavy (non-hydrogen) atoms. The van der Waals surface area contributed by atoms with E-state index < -0.39 is 23.5 Å². The van der Waals surface area contributed by atoms with Crippen LogP contribution in [0.15, 0.2) is 49.1 Å². The van der Waals surface area contributed by atoms with Gasteiger partial charge in [0.1, 0.15) is 30.6 Å². The molecule has 2 aromatic carbocycles. The normalized spacial score (nSPS) is 23.9. The Kier molecular flexibility index (Phi) is 19.1. The average Bonchev–Trinajstić information content (AvgIpc) is 3.96. The van der Waals surface area contributed by atoms with E-state index in [1.807, 2.05) is 25.8 Å². The van der Waals surface area contributed by atoms with Crippen molar-refractivity contribution < 1.29 is 45.5 Å². The lowest BCUT2D eigenvalue weighted by atomic mass is 9.79. The van der Waals surface area contributed by atoms with Crippen molar-refractivity contribution >= 4 is 57.4 Å². The van der Waals surface area contributed by atoms with Crippen LogP contribution in [0.3, 0.4) is 0 Å². The van der Waals surface area contributed by atoms with Crippen LogP contribution in [0.4, 0.5) is 38.0 Å². The lowest BCUT2D eigenvalue weighted by Crippen LogP contribution is -2.63. The first-order chi connectivity index (χ1) is 35.5. The maximum absolute atomic E-state index is 13.1. The maximum atomic E-state index is 13.1. The van der Waals surface area contributed by atoms with E-state index in [2.05, 4.69) is 63.0 Å². The van der Waals surface area contributed by atoms with E-state index in [0.717, 1.165) is 107 Å². The summed E-state index contributed by atoms with van der Waals surface area (Å²) in [4.78, 5) is 71.1. The van der Waals surface area contributed by atoms with Crippen LogP contribution in [-0.4, -0.2) is 160 Å². The van der Waals surface area contributed by atoms with Gasteiger partial charge in [-0.2, -0.15) is 26.3 Å². The lowest BCUT2D eigenvalue weighted by Gasteiger charge is -2.47. The second-order valence-electron chi connectivity index (χ2n) is 19.8. The molecule has 4 aromatic rings. The fraction of sp³-hybridized carbons (Fsp3) is 0.615. The number of aldehydes is 1. The Morgan fingerprint density at radius 1 is 0.676 bits per heavy atom. The predicted octanol–water partition coefficient (Wildman–Crippen LogP) is 7.15. The number of hydrogen-bond acceptors (Lipinski definition) is 13. The van der Waals surface area contributed by atoms with E-state index in [4.69, 9.17) is 0 Å². The third kappa shape index (κ3) is 13.9. The average molecular weight is 1040 g/mol. The molecule has 1 atom stereocenters. The number of rotatable bonds is 12. The number of fused-ring (bicyclic) bond motifs is 2. The summed E-state index contributed by atoms with van der Waals surface area (Å²) in [6.45, 7) is 8.82. The maximum Gasteiger partial charge on any atom is 0.416 e. The number of likely N-dealkylation sites (tertiary alicyclic amines) is 4. The van der Waals surface area contributed by atoms with Crippen molar-refractivity contribution in [2.75, 3.05) is 70.5 Å². The number of carbonyl (C=O) groups excluding carboxylic acids is 4. The summed E-state index contributed by atoms with van der Waals surface area (Å²) < 4.78 is 77.0. The van der Waals surface area contributed by atoms with Gasteiger partial charge in [0.2, 0.25) is 17.7 Å². The first-order valence-corrected chi connectivity index (χ1v) is 26.0. The van der Waals surface area contributed by atoms with Crippen LogP contribution in [0.5, 0.6) is 0 Å². The van der Waals surface area contributed by atoms with Crippen LogP contribution in [0.25, 0.3) is 21.8 Å². The number of alkyl halides is 6. The van der Waals surface area contributed by atoms with Gasteiger partial charge in [-0.1, -0.05) is 13.8 Å². The van der Waals surface area contributed by atoms with Gasteiger partial charge in [0, 0.05) is 93.6 Å². The molecule has 4 saturated heterocycles. The van der Waals surface area contributed by atoms with Gasteiger partial charge >= 0.3 is 12.4 Å². The Balaban J connectivity index is 0.000000173. The molecule has 4 aliphatic heterocycles. The molecule has 6 aliphatic rings. The van der Waals surface area contributed by atoms with Crippen LogP contribution in [0, 0.1) is 5.92 Å². The zero-order chi connectivity index (χ0) is 53.2. The summed E-state index contributed by atoms with van der Waals surface area (Å²) in [7, 11) is 4.06. The van der Waals surface area contributed by atoms with Crippen LogP contribution in [0.2, 0.25) is 0 Å². The number of anilines is 2. The Hall–Kier alpha value is -5.74. The first kappa shape index (κ1) is 56.0. The molecule has 0 radical (unpaired) electrons. The summed E-state index contributed by atoms with van der Waals surface area (Å²) in [5.41, 5.74) is -0.817. The van der Waals surface area contributed by atoms with E-state index in [-0.39, 0.29) is 47.4 Å². The van der Waals surface area contributed by atoms with Crippen molar-refractivity contribution in [2.45, 2.75) is 140 Å². The van der Waals surface area contributed by atoms with E-state index >= 15 is 0 Å². The molecule has 22 heteroatoms. The van der Waals surface area contributed by atoms with Crippen molar-refractivity contribution in [3.05, 3.63) is 60.2 Å². The number of carbonyl (C=O) groups is 4. The van der Waals surface area contributed by atoms with Gasteiger partial charge < -0.3 is 35.9 Å². The molecule has 404 valence electrons. The highest BCUT2D eigenvalue weighted by Gasteiger charge is 2.40. The molecule has 16 nitrogen and oxygen atoms in total. The summed E-state index contributed by atoms with van der Waals surface area (Å²) in [6, 6.07) is 9.45. The molecule has 2 saturated carbocycles. The quantitative estimate of drug-likeness (QED) is 0.0831. The Morgan fingerprint density at radius 2 is 1.19 bits per heavy atom. The zero-order valence-corrected chi connectivity index (χ0v) is 42.7. The molecular weight excluding hydrogens is 971 g/mol. The molecule has 2 aromatic heterocycles. The van der Waals surface area contributed by atoms with E-state index in [1.165, 1.54) is 63.6 Å². The minimum Gasteiger partial charge on any atom is -0.363 e. The molecule has 0 bridgehead atoms. The smallest absolute Gasteiger partial charge is 0.363 e. The molecule has 10 rings (SSSR count). The number of halogens is 6. The summed E-state index contributed by atoms with van der Waals surface area (Å²) in [5.74, 6) is 1.58. The number of benzene rings is 2. The molecule has 6 heterocycles. The monoisotopic (exact) mass is 1040 g/mol. The number of amides is 3. The highest BCUT2D eigenvalue weighted by atomic mass is 19.4. The van der Waals surface area contributed by atoms with Crippen molar-refractivity contribution in [1.29, 1.82) is 0 Å². The molecule has 0 spiro atoms. The van der Waals surface area contributed by atoms with E-state index in [9.17, 15) is 45.5 Å². The second-order valence-corrected chi connectivity index (χ2v) is 19.8. The molecule has 4 N–H and O–H groups in total. The second kappa shape index (κ2) is 25.2. The molecule has 1 unspecified atom stereocenters. The number of nitrogens with zero attached hydrogens (tertiary/aromatic N) is 8. The largest absolute Gasteiger partial charge is 0.416 e. The van der Waals surface area contributed by atoms with Crippen LogP contribution >= 0.6 is 0 Å². The number of hydrogen-bond donors (Lipinski definition) is 4. The third-order valence-electron chi connectivity index (χ3n) is 15.4. The van der Waals surface area contributed by atoms with E-state index in [0.29, 0.717) is 53.7 Å². The van der Waals surface area contributed by atoms with Crippen LogP contribution in [-0.2, 0) is 31.5 Å². The zero-order valence-electron chi connectivity index (χ0n) is 42.7. The molecule has 6 fully saturated rings. The summed E-state index contributed by atoms with van der Waals surface area (Å²) >= 11 is 0. The standard InChI is InChI=1S/C24H29F3N6O2.C15H27N3O.C11H8F3N3O.C2H6/c25-24(26,27)15-3-8-20-19(10-15)23(30-14-29-20)28-11-21(34)31-16-12-32(13-16)17-4-6-18(7-5-17)33-9-1-2-22(33)35;1-16-12-9-18(10-12)13-5-3-11(4-6-13)14-7-8-15(19)17(14)2;12-11(13,14)7-1-2-9-8(5-7)10(15-3-4-18)17-6-16-9;1-2/h3,8,10,14,16-18H,1-2,4-7,9,11-13H2,(H,31,34)(H,28,29,30);11-14,16H,3-10H2,1-2H3;1-2,4-6H,3H2,(H,15,16,17);1-2H3. The van der Waals surface area contributed by atoms with Gasteiger partial charge in [-0.25, -0.2) is 19.9 Å². The number of aromatic nitrogens is 4. The van der Waals surface area contributed by atoms with Gasteiger partial charge in [0.05, 0.1) is 41.3 Å². The Bertz CT molecular complexity index is 2530. The van der Waals surface area contributed by atoms with Crippen LogP contribution < -0.4 is 21.3 Å². The lowest BCUT2D eigenvalue weighted by molar-refractivity contribution is -0.138. The number of likely N-dealkylation sites (N-methyl/N-ethyl adjacent to an activating group) is 1. The SMILES string of the molecule is CC.CNC1CN(C2CCC(C3CCC(=O)N3C)CC2)C1.O=C(CNc1ncnc2ccc(C(F)(F)F)cc12)NC1CN(C2CCC(N3CCCC3=O)CC2)C1.O=CCNc1ncnc2ccc(C(F)(F)F)cc12. The summed E-state index contributed by atoms with van der Waals surface area (Å²) in [6.07, 6.45) is 7.22. The topological polar surface area (TPSA) is 181 Å². The highest BCUT2D eigenvalue weighted by Crippen LogP contribution is 2.38. The van der Waals surface area contributed by atoms with Gasteiger partial charge in [0.15, 0.2) is 0 Å². The van der Waals surface area contributed by atoms with Gasteiger partial charge in [-0.05, 0) is 114 Å². The number of nitrogens with one attached hydrogen (secondary N) is 4. The molecule has 2 aliphatic carbocycles. The first-order valence-electron chi connectivity index (χ1n) is 26.0. The molecular formula is C52H70F6N12O4. The predicted molar refractivity (Wildman–Crippen MR) is 270 cm³/mol. The molecule has 3 amide bonds. The summed E-state index contributed by atoms with van der Waals surface area (Å²) in [5, 5.41) is 12.3.